The number of amides is 1. The van der Waals surface area contributed by atoms with Gasteiger partial charge in [-0.15, -0.1) is 0 Å². The lowest BCUT2D eigenvalue weighted by molar-refractivity contribution is -0.125. The first-order chi connectivity index (χ1) is 8.75. The maximum atomic E-state index is 12.0. The van der Waals surface area contributed by atoms with Crippen LogP contribution in [0.3, 0.4) is 0 Å². The average Bonchev–Trinajstić information content (AvgIpc) is 2.65. The molecule has 2 rings (SSSR count). The lowest BCUT2D eigenvalue weighted by atomic mass is 10.2. The van der Waals surface area contributed by atoms with Crippen LogP contribution in [0.15, 0.2) is 30.3 Å². The van der Waals surface area contributed by atoms with Gasteiger partial charge in [0.05, 0.1) is 0 Å². The zero-order chi connectivity index (χ0) is 12.8. The van der Waals surface area contributed by atoms with Gasteiger partial charge in [0, 0.05) is 24.2 Å². The number of nitrogens with zero attached hydrogens (tertiary/aromatic N) is 1. The van der Waals surface area contributed by atoms with Crippen molar-refractivity contribution in [3.05, 3.63) is 40.9 Å². The van der Waals surface area contributed by atoms with Gasteiger partial charge >= 0.3 is 0 Å². The average molecular weight is 264 g/mol. The van der Waals surface area contributed by atoms with E-state index >= 15 is 0 Å². The fourth-order valence-electron chi connectivity index (χ4n) is 2.17. The van der Waals surface area contributed by atoms with Crippen LogP contribution in [-0.4, -0.2) is 23.9 Å². The summed E-state index contributed by atoms with van der Waals surface area (Å²) in [5.41, 5.74) is 0.964. The summed E-state index contributed by atoms with van der Waals surface area (Å²) in [4.78, 5) is 14.0. The molecule has 0 bridgehead atoms. The Morgan fingerprint density at radius 2 is 1.89 bits per heavy atom. The predicted octanol–water partition coefficient (Wildman–Crippen LogP) is 3.76. The van der Waals surface area contributed by atoms with Gasteiger partial charge in [-0.1, -0.05) is 36.6 Å². The Morgan fingerprint density at radius 1 is 1.17 bits per heavy atom. The Kier molecular flexibility index (Phi) is 4.82. The molecule has 1 amide bonds. The van der Waals surface area contributed by atoms with Gasteiger partial charge in [0.25, 0.3) is 0 Å². The molecule has 3 heteroatoms. The van der Waals surface area contributed by atoms with Gasteiger partial charge in [-0.2, -0.15) is 0 Å². The number of carbonyl (C=O) groups is 1. The summed E-state index contributed by atoms with van der Waals surface area (Å²) in [5.74, 6) is 0.108. The highest BCUT2D eigenvalue weighted by Crippen LogP contribution is 2.13. The molecule has 1 aromatic carbocycles. The molecule has 0 unspecified atom stereocenters. The lowest BCUT2D eigenvalue weighted by Crippen LogP contribution is -2.30. The van der Waals surface area contributed by atoms with Crippen molar-refractivity contribution < 1.29 is 4.79 Å². The molecule has 0 spiro atoms. The van der Waals surface area contributed by atoms with Crippen LogP contribution in [-0.2, 0) is 4.79 Å². The van der Waals surface area contributed by atoms with Crippen molar-refractivity contribution in [2.24, 2.45) is 0 Å². The van der Waals surface area contributed by atoms with Gasteiger partial charge in [-0.05, 0) is 36.6 Å². The highest BCUT2D eigenvalue weighted by molar-refractivity contribution is 6.30. The monoisotopic (exact) mass is 263 g/mol. The third-order valence-corrected chi connectivity index (χ3v) is 3.42. The minimum Gasteiger partial charge on any atom is -0.339 e. The molecule has 0 aliphatic carbocycles. The number of rotatable bonds is 2. The fraction of sp³-hybridized carbons (Fsp3) is 0.400. The largest absolute Gasteiger partial charge is 0.339 e. The second-order valence-corrected chi connectivity index (χ2v) is 5.06. The van der Waals surface area contributed by atoms with E-state index in [1.807, 2.05) is 35.2 Å². The molecule has 2 nitrogen and oxygen atoms in total. The second kappa shape index (κ2) is 6.60. The van der Waals surface area contributed by atoms with E-state index in [1.54, 1.807) is 6.08 Å². The number of carbonyl (C=O) groups excluding carboxylic acids is 1. The van der Waals surface area contributed by atoms with Crippen LogP contribution in [0.1, 0.15) is 31.2 Å². The van der Waals surface area contributed by atoms with Crippen LogP contribution in [0.4, 0.5) is 0 Å². The van der Waals surface area contributed by atoms with Crippen molar-refractivity contribution in [1.29, 1.82) is 0 Å². The van der Waals surface area contributed by atoms with Crippen LogP contribution in [0, 0.1) is 0 Å². The molecule has 1 aromatic rings. The van der Waals surface area contributed by atoms with Crippen LogP contribution >= 0.6 is 11.6 Å². The molecular formula is C15H18ClNO. The first kappa shape index (κ1) is 13.2. The summed E-state index contributed by atoms with van der Waals surface area (Å²) in [7, 11) is 0. The van der Waals surface area contributed by atoms with Gasteiger partial charge in [-0.25, -0.2) is 0 Å². The maximum absolute atomic E-state index is 12.0. The lowest BCUT2D eigenvalue weighted by Gasteiger charge is -2.17. The van der Waals surface area contributed by atoms with E-state index in [0.29, 0.717) is 5.02 Å². The van der Waals surface area contributed by atoms with E-state index in [9.17, 15) is 4.79 Å². The van der Waals surface area contributed by atoms with Crippen LogP contribution in [0.5, 0.6) is 0 Å². The molecule has 96 valence electrons. The highest BCUT2D eigenvalue weighted by Gasteiger charge is 2.12. The third kappa shape index (κ3) is 3.88. The fourth-order valence-corrected chi connectivity index (χ4v) is 2.37. The Hall–Kier alpha value is -1.28. The molecular weight excluding hydrogens is 246 g/mol. The van der Waals surface area contributed by atoms with Gasteiger partial charge in [0.2, 0.25) is 5.91 Å². The zero-order valence-corrected chi connectivity index (χ0v) is 11.2. The standard InChI is InChI=1S/C15H18ClNO/c16-14-7-5-6-13(12-14)8-9-15(18)17-10-3-1-2-4-11-17/h5-9,12H,1-4,10-11H2. The SMILES string of the molecule is O=C(C=Cc1cccc(Cl)c1)N1CCCCCC1. The van der Waals surface area contributed by atoms with E-state index in [-0.39, 0.29) is 5.91 Å². The van der Waals surface area contributed by atoms with Gasteiger partial charge < -0.3 is 4.90 Å². The van der Waals surface area contributed by atoms with E-state index in [4.69, 9.17) is 11.6 Å². The van der Waals surface area contributed by atoms with E-state index in [1.165, 1.54) is 12.8 Å². The molecule has 0 radical (unpaired) electrons. The van der Waals surface area contributed by atoms with Crippen molar-refractivity contribution in [2.45, 2.75) is 25.7 Å². The second-order valence-electron chi connectivity index (χ2n) is 4.63. The topological polar surface area (TPSA) is 20.3 Å². The molecule has 1 aliphatic heterocycles. The number of benzene rings is 1. The van der Waals surface area contributed by atoms with Crippen molar-refractivity contribution in [3.8, 4) is 0 Å². The van der Waals surface area contributed by atoms with Crippen molar-refractivity contribution in [3.63, 3.8) is 0 Å². The molecule has 1 fully saturated rings. The molecule has 0 saturated carbocycles. The van der Waals surface area contributed by atoms with Gasteiger partial charge in [0.15, 0.2) is 0 Å². The summed E-state index contributed by atoms with van der Waals surface area (Å²) < 4.78 is 0. The van der Waals surface area contributed by atoms with Crippen LogP contribution in [0.25, 0.3) is 6.08 Å². The van der Waals surface area contributed by atoms with Crippen molar-refractivity contribution in [1.82, 2.24) is 4.90 Å². The molecule has 18 heavy (non-hydrogen) atoms. The van der Waals surface area contributed by atoms with E-state index < -0.39 is 0 Å². The maximum Gasteiger partial charge on any atom is 0.246 e. The summed E-state index contributed by atoms with van der Waals surface area (Å²) >= 11 is 5.90. The summed E-state index contributed by atoms with van der Waals surface area (Å²) in [6.45, 7) is 1.78. The first-order valence-corrected chi connectivity index (χ1v) is 6.86. The number of likely N-dealkylation sites (tertiary alicyclic amines) is 1. The molecule has 0 atom stereocenters. The Morgan fingerprint density at radius 3 is 2.56 bits per heavy atom. The van der Waals surface area contributed by atoms with Crippen LogP contribution < -0.4 is 0 Å². The van der Waals surface area contributed by atoms with Crippen molar-refractivity contribution in [2.75, 3.05) is 13.1 Å². The Bertz CT molecular complexity index is 434. The van der Waals surface area contributed by atoms with Gasteiger partial charge in [-0.3, -0.25) is 4.79 Å². The summed E-state index contributed by atoms with van der Waals surface area (Å²) in [6, 6.07) is 7.51. The highest BCUT2D eigenvalue weighted by atomic mass is 35.5. The number of hydrogen-bond donors (Lipinski definition) is 0. The predicted molar refractivity (Wildman–Crippen MR) is 75.5 cm³/mol. The third-order valence-electron chi connectivity index (χ3n) is 3.18. The molecule has 1 heterocycles. The quantitative estimate of drug-likeness (QED) is 0.744. The Balaban J connectivity index is 1.97. The normalized spacial score (nSPS) is 16.8. The minimum absolute atomic E-state index is 0.108. The molecule has 1 aliphatic rings. The molecule has 1 saturated heterocycles. The van der Waals surface area contributed by atoms with Crippen LogP contribution in [0.2, 0.25) is 5.02 Å². The molecule has 0 N–H and O–H groups in total. The minimum atomic E-state index is 0.108. The van der Waals surface area contributed by atoms with Gasteiger partial charge in [0.1, 0.15) is 0 Å². The molecule has 0 aromatic heterocycles. The van der Waals surface area contributed by atoms with E-state index in [0.717, 1.165) is 31.5 Å². The Labute approximate surface area is 113 Å². The zero-order valence-electron chi connectivity index (χ0n) is 10.4. The van der Waals surface area contributed by atoms with E-state index in [2.05, 4.69) is 0 Å². The summed E-state index contributed by atoms with van der Waals surface area (Å²) in [5, 5.41) is 0.694. The number of hydrogen-bond acceptors (Lipinski definition) is 1. The smallest absolute Gasteiger partial charge is 0.246 e. The first-order valence-electron chi connectivity index (χ1n) is 6.48. The van der Waals surface area contributed by atoms with Crippen molar-refractivity contribution >= 4 is 23.6 Å². The summed E-state index contributed by atoms with van der Waals surface area (Å²) in [6.07, 6.45) is 8.20. The number of halogens is 1.